The van der Waals surface area contributed by atoms with Gasteiger partial charge in [0.05, 0.1) is 13.7 Å². The molecule has 1 unspecified atom stereocenters. The van der Waals surface area contributed by atoms with Gasteiger partial charge in [-0.15, -0.1) is 0 Å². The van der Waals surface area contributed by atoms with Gasteiger partial charge < -0.3 is 14.8 Å². The molecule has 118 valence electrons. The second-order valence-electron chi connectivity index (χ2n) is 5.39. The van der Waals surface area contributed by atoms with E-state index in [1.54, 1.807) is 37.4 Å². The van der Waals surface area contributed by atoms with E-state index in [1.165, 1.54) is 0 Å². The standard InChI is InChI=1S/C16H21N3O3/c1-10-7-12(22-4)5-6-13(10)15(16(20)21)19(3)9-14-17-8-11(2)18-14/h5-8,15H,9H2,1-4H3,(H,17,18)(H,20,21). The van der Waals surface area contributed by atoms with Gasteiger partial charge >= 0.3 is 5.97 Å². The molecule has 0 aliphatic carbocycles. The molecule has 0 spiro atoms. The number of imidazole rings is 1. The molecule has 1 atom stereocenters. The number of benzene rings is 1. The molecule has 1 aromatic heterocycles. The maximum Gasteiger partial charge on any atom is 0.325 e. The van der Waals surface area contributed by atoms with Gasteiger partial charge in [-0.2, -0.15) is 0 Å². The summed E-state index contributed by atoms with van der Waals surface area (Å²) in [5, 5.41) is 9.63. The SMILES string of the molecule is COc1ccc(C(C(=O)O)N(C)Cc2ncc(C)[nH]2)c(C)c1. The average molecular weight is 303 g/mol. The normalized spacial score (nSPS) is 12.4. The van der Waals surface area contributed by atoms with Crippen molar-refractivity contribution in [1.29, 1.82) is 0 Å². The zero-order valence-electron chi connectivity index (χ0n) is 13.3. The lowest BCUT2D eigenvalue weighted by molar-refractivity contribution is -0.143. The summed E-state index contributed by atoms with van der Waals surface area (Å²) in [5.41, 5.74) is 2.59. The Hall–Kier alpha value is -2.34. The second-order valence-corrected chi connectivity index (χ2v) is 5.39. The lowest BCUT2D eigenvalue weighted by Crippen LogP contribution is -2.31. The number of nitrogens with zero attached hydrogens (tertiary/aromatic N) is 2. The smallest absolute Gasteiger partial charge is 0.325 e. The molecule has 0 aliphatic heterocycles. The minimum Gasteiger partial charge on any atom is -0.497 e. The Morgan fingerprint density at radius 3 is 2.68 bits per heavy atom. The first kappa shape index (κ1) is 16.0. The molecule has 2 rings (SSSR count). The highest BCUT2D eigenvalue weighted by molar-refractivity contribution is 5.76. The van der Waals surface area contributed by atoms with Crippen molar-refractivity contribution in [3.63, 3.8) is 0 Å². The van der Waals surface area contributed by atoms with Crippen molar-refractivity contribution in [3.05, 3.63) is 47.0 Å². The average Bonchev–Trinajstić information content (AvgIpc) is 2.85. The molecule has 22 heavy (non-hydrogen) atoms. The van der Waals surface area contributed by atoms with Crippen LogP contribution in [0.4, 0.5) is 0 Å². The van der Waals surface area contributed by atoms with Gasteiger partial charge in [0, 0.05) is 11.9 Å². The number of aromatic amines is 1. The molecular formula is C16H21N3O3. The fourth-order valence-corrected chi connectivity index (χ4v) is 2.52. The first-order valence-electron chi connectivity index (χ1n) is 7.00. The molecule has 0 saturated heterocycles. The predicted octanol–water partition coefficient (Wildman–Crippen LogP) is 2.29. The number of hydrogen-bond acceptors (Lipinski definition) is 4. The van der Waals surface area contributed by atoms with Gasteiger partial charge in [-0.3, -0.25) is 9.69 Å². The maximum atomic E-state index is 11.7. The topological polar surface area (TPSA) is 78.5 Å². The molecule has 1 heterocycles. The first-order chi connectivity index (χ1) is 10.4. The Balaban J connectivity index is 2.27. The van der Waals surface area contributed by atoms with Crippen molar-refractivity contribution < 1.29 is 14.6 Å². The number of aryl methyl sites for hydroxylation is 2. The van der Waals surface area contributed by atoms with Crippen LogP contribution >= 0.6 is 0 Å². The molecule has 0 aliphatic rings. The summed E-state index contributed by atoms with van der Waals surface area (Å²) in [4.78, 5) is 20.8. The zero-order valence-corrected chi connectivity index (χ0v) is 13.3. The van der Waals surface area contributed by atoms with Crippen molar-refractivity contribution in [2.75, 3.05) is 14.2 Å². The van der Waals surface area contributed by atoms with Crippen molar-refractivity contribution in [1.82, 2.24) is 14.9 Å². The predicted molar refractivity (Wildman–Crippen MR) is 82.9 cm³/mol. The molecule has 6 heteroatoms. The Bertz CT molecular complexity index is 666. The van der Waals surface area contributed by atoms with Crippen LogP contribution in [0.5, 0.6) is 5.75 Å². The lowest BCUT2D eigenvalue weighted by Gasteiger charge is -2.25. The van der Waals surface area contributed by atoms with Crippen molar-refractivity contribution in [2.45, 2.75) is 26.4 Å². The van der Waals surface area contributed by atoms with E-state index in [4.69, 9.17) is 4.74 Å². The third-order valence-corrected chi connectivity index (χ3v) is 3.60. The van der Waals surface area contributed by atoms with Crippen molar-refractivity contribution in [3.8, 4) is 5.75 Å². The lowest BCUT2D eigenvalue weighted by atomic mass is 10.00. The maximum absolute atomic E-state index is 11.7. The van der Waals surface area contributed by atoms with Gasteiger partial charge in [-0.25, -0.2) is 4.98 Å². The second kappa shape index (κ2) is 6.62. The summed E-state index contributed by atoms with van der Waals surface area (Å²) in [6.45, 7) is 4.23. The fraction of sp³-hybridized carbons (Fsp3) is 0.375. The van der Waals surface area contributed by atoms with Crippen LogP contribution < -0.4 is 4.74 Å². The Morgan fingerprint density at radius 2 is 2.18 bits per heavy atom. The van der Waals surface area contributed by atoms with Crippen LogP contribution in [0.15, 0.2) is 24.4 Å². The highest BCUT2D eigenvalue weighted by Crippen LogP contribution is 2.27. The molecule has 2 N–H and O–H groups in total. The van der Waals surface area contributed by atoms with E-state index in [-0.39, 0.29) is 0 Å². The van der Waals surface area contributed by atoms with Crippen LogP contribution in [0.25, 0.3) is 0 Å². The summed E-state index contributed by atoms with van der Waals surface area (Å²) in [7, 11) is 3.37. The summed E-state index contributed by atoms with van der Waals surface area (Å²) < 4.78 is 5.17. The van der Waals surface area contributed by atoms with Crippen molar-refractivity contribution >= 4 is 5.97 Å². The monoisotopic (exact) mass is 303 g/mol. The van der Waals surface area contributed by atoms with E-state index < -0.39 is 12.0 Å². The van der Waals surface area contributed by atoms with Gasteiger partial charge in [-0.05, 0) is 44.2 Å². The van der Waals surface area contributed by atoms with Gasteiger partial charge in [-0.1, -0.05) is 6.07 Å². The highest BCUT2D eigenvalue weighted by Gasteiger charge is 2.27. The van der Waals surface area contributed by atoms with E-state index in [1.807, 2.05) is 19.9 Å². The van der Waals surface area contributed by atoms with E-state index in [0.717, 1.165) is 28.4 Å². The van der Waals surface area contributed by atoms with Crippen molar-refractivity contribution in [2.24, 2.45) is 0 Å². The summed E-state index contributed by atoms with van der Waals surface area (Å²) in [6, 6.07) is 4.69. The number of rotatable bonds is 6. The number of nitrogens with one attached hydrogen (secondary N) is 1. The van der Waals surface area contributed by atoms with E-state index >= 15 is 0 Å². The van der Waals surface area contributed by atoms with Crippen LogP contribution in [-0.2, 0) is 11.3 Å². The summed E-state index contributed by atoms with van der Waals surface area (Å²) >= 11 is 0. The number of likely N-dealkylation sites (N-methyl/N-ethyl adjacent to an activating group) is 1. The number of hydrogen-bond donors (Lipinski definition) is 2. The summed E-state index contributed by atoms with van der Waals surface area (Å²) in [5.74, 6) is 0.575. The number of methoxy groups -OCH3 is 1. The molecular weight excluding hydrogens is 282 g/mol. The Labute approximate surface area is 129 Å². The first-order valence-corrected chi connectivity index (χ1v) is 7.00. The number of ether oxygens (including phenoxy) is 1. The third-order valence-electron chi connectivity index (χ3n) is 3.60. The largest absolute Gasteiger partial charge is 0.497 e. The van der Waals surface area contributed by atoms with Gasteiger partial charge in [0.15, 0.2) is 0 Å². The van der Waals surface area contributed by atoms with E-state index in [2.05, 4.69) is 9.97 Å². The molecule has 0 radical (unpaired) electrons. The molecule has 0 saturated carbocycles. The Morgan fingerprint density at radius 1 is 1.45 bits per heavy atom. The molecule has 2 aromatic rings. The molecule has 0 amide bonds. The number of carboxylic acid groups (broad SMARTS) is 1. The quantitative estimate of drug-likeness (QED) is 0.856. The number of carboxylic acids is 1. The Kier molecular flexibility index (Phi) is 4.82. The molecule has 1 aromatic carbocycles. The van der Waals surface area contributed by atoms with Crippen LogP contribution in [0.3, 0.4) is 0 Å². The molecule has 0 bridgehead atoms. The van der Waals surface area contributed by atoms with Crippen LogP contribution in [0, 0.1) is 13.8 Å². The number of carbonyl (C=O) groups is 1. The molecule has 0 fully saturated rings. The minimum atomic E-state index is -0.890. The van der Waals surface area contributed by atoms with Crippen LogP contribution in [-0.4, -0.2) is 40.1 Å². The van der Waals surface area contributed by atoms with Gasteiger partial charge in [0.1, 0.15) is 17.6 Å². The van der Waals surface area contributed by atoms with E-state index in [9.17, 15) is 9.90 Å². The van der Waals surface area contributed by atoms with Crippen LogP contribution in [0.1, 0.15) is 28.7 Å². The zero-order chi connectivity index (χ0) is 16.3. The summed E-state index contributed by atoms with van der Waals surface area (Å²) in [6.07, 6.45) is 1.73. The third kappa shape index (κ3) is 3.46. The molecule has 6 nitrogen and oxygen atoms in total. The number of aromatic nitrogens is 2. The van der Waals surface area contributed by atoms with Gasteiger partial charge in [0.2, 0.25) is 0 Å². The number of H-pyrrole nitrogens is 1. The van der Waals surface area contributed by atoms with Crippen LogP contribution in [0.2, 0.25) is 0 Å². The highest BCUT2D eigenvalue weighted by atomic mass is 16.5. The van der Waals surface area contributed by atoms with E-state index in [0.29, 0.717) is 6.54 Å². The van der Waals surface area contributed by atoms with Gasteiger partial charge in [0.25, 0.3) is 0 Å². The minimum absolute atomic E-state index is 0.427. The fourth-order valence-electron chi connectivity index (χ4n) is 2.52. The number of aliphatic carboxylic acids is 1.